The number of piperidine rings is 1. The van der Waals surface area contributed by atoms with Crippen molar-refractivity contribution < 1.29 is 4.74 Å². The minimum atomic E-state index is 0. The van der Waals surface area contributed by atoms with Crippen molar-refractivity contribution in [1.82, 2.24) is 5.32 Å². The van der Waals surface area contributed by atoms with Crippen LogP contribution in [0, 0.1) is 0 Å². The van der Waals surface area contributed by atoms with Crippen LogP contribution in [0.25, 0.3) is 0 Å². The van der Waals surface area contributed by atoms with E-state index in [1.165, 1.54) is 31.2 Å². The van der Waals surface area contributed by atoms with Crippen LogP contribution in [0.15, 0.2) is 30.3 Å². The fourth-order valence-electron chi connectivity index (χ4n) is 2.93. The van der Waals surface area contributed by atoms with E-state index >= 15 is 0 Å². The Morgan fingerprint density at radius 2 is 1.71 bits per heavy atom. The molecule has 0 unspecified atom stereocenters. The lowest BCUT2D eigenvalue weighted by atomic mass is 10.0. The highest BCUT2D eigenvalue weighted by Gasteiger charge is 2.33. The van der Waals surface area contributed by atoms with E-state index in [1.54, 1.807) is 0 Å². The van der Waals surface area contributed by atoms with E-state index in [0.29, 0.717) is 6.10 Å². The number of hydrogen-bond donors (Lipinski definition) is 1. The van der Waals surface area contributed by atoms with Crippen LogP contribution in [0.4, 0.5) is 0 Å². The van der Waals surface area contributed by atoms with Gasteiger partial charge in [0, 0.05) is 12.1 Å². The van der Waals surface area contributed by atoms with E-state index in [0.717, 1.165) is 18.7 Å². The number of nitrogens with one attached hydrogen (secondary N) is 1. The maximum absolute atomic E-state index is 6.01. The highest BCUT2D eigenvalue weighted by atomic mass is 35.5. The summed E-state index contributed by atoms with van der Waals surface area (Å²) in [7, 11) is 0. The van der Waals surface area contributed by atoms with E-state index in [4.69, 9.17) is 4.74 Å². The van der Waals surface area contributed by atoms with Crippen LogP contribution in [0.3, 0.4) is 0 Å². The average Bonchev–Trinajstić information content (AvgIpc) is 2.67. The third-order valence-electron chi connectivity index (χ3n) is 3.76. The second-order valence-corrected chi connectivity index (χ2v) is 5.03. The quantitative estimate of drug-likeness (QED) is 0.895. The molecule has 2 aliphatic rings. The standard InChI is InChI=1S/C14H19NO.ClH/c1-2-4-11(5-3-1)10-16-14-8-12-6-7-13(9-14)15-12;/h1-5,12-15H,6-10H2;1H/t12-,13+,14+;. The van der Waals surface area contributed by atoms with Crippen molar-refractivity contribution in [3.63, 3.8) is 0 Å². The Hall–Kier alpha value is -0.570. The Morgan fingerprint density at radius 3 is 2.35 bits per heavy atom. The fourth-order valence-corrected chi connectivity index (χ4v) is 2.93. The Labute approximate surface area is 109 Å². The Bertz CT molecular complexity index is 331. The molecule has 3 heteroatoms. The predicted octanol–water partition coefficient (Wildman–Crippen LogP) is 2.91. The molecule has 0 aliphatic carbocycles. The van der Waals surface area contributed by atoms with E-state index in [-0.39, 0.29) is 12.4 Å². The maximum atomic E-state index is 6.01. The van der Waals surface area contributed by atoms with Crippen LogP contribution in [0.5, 0.6) is 0 Å². The second-order valence-electron chi connectivity index (χ2n) is 5.03. The molecule has 0 amide bonds. The average molecular weight is 254 g/mol. The van der Waals surface area contributed by atoms with E-state index < -0.39 is 0 Å². The summed E-state index contributed by atoms with van der Waals surface area (Å²) in [4.78, 5) is 0. The van der Waals surface area contributed by atoms with Crippen molar-refractivity contribution in [3.05, 3.63) is 35.9 Å². The van der Waals surface area contributed by atoms with Gasteiger partial charge in [0.2, 0.25) is 0 Å². The van der Waals surface area contributed by atoms with Crippen LogP contribution in [-0.2, 0) is 11.3 Å². The Morgan fingerprint density at radius 1 is 1.06 bits per heavy atom. The first-order valence-corrected chi connectivity index (χ1v) is 6.32. The third kappa shape index (κ3) is 3.21. The van der Waals surface area contributed by atoms with Crippen LogP contribution >= 0.6 is 12.4 Å². The Kier molecular flexibility index (Phi) is 4.43. The zero-order valence-corrected chi connectivity index (χ0v) is 10.8. The minimum Gasteiger partial charge on any atom is -0.373 e. The normalized spacial score (nSPS) is 30.9. The lowest BCUT2D eigenvalue weighted by molar-refractivity contribution is 0.00917. The number of halogens is 1. The van der Waals surface area contributed by atoms with Gasteiger partial charge in [-0.2, -0.15) is 0 Å². The fraction of sp³-hybridized carbons (Fsp3) is 0.571. The number of rotatable bonds is 3. The van der Waals surface area contributed by atoms with Gasteiger partial charge in [0.25, 0.3) is 0 Å². The predicted molar refractivity (Wildman–Crippen MR) is 71.4 cm³/mol. The molecule has 0 aromatic heterocycles. The van der Waals surface area contributed by atoms with Crippen molar-refractivity contribution in [1.29, 1.82) is 0 Å². The highest BCUT2D eigenvalue weighted by Crippen LogP contribution is 2.28. The van der Waals surface area contributed by atoms with Gasteiger partial charge in [0.15, 0.2) is 0 Å². The molecule has 1 aromatic rings. The van der Waals surface area contributed by atoms with Gasteiger partial charge < -0.3 is 10.1 Å². The second kappa shape index (κ2) is 5.85. The van der Waals surface area contributed by atoms with Crippen molar-refractivity contribution in [2.75, 3.05) is 0 Å². The van der Waals surface area contributed by atoms with E-state index in [2.05, 4.69) is 29.6 Å². The number of hydrogen-bond acceptors (Lipinski definition) is 2. The highest BCUT2D eigenvalue weighted by molar-refractivity contribution is 5.85. The molecule has 94 valence electrons. The van der Waals surface area contributed by atoms with Gasteiger partial charge in [-0.25, -0.2) is 0 Å². The van der Waals surface area contributed by atoms with Gasteiger partial charge in [0.05, 0.1) is 12.7 Å². The first kappa shape index (κ1) is 12.9. The maximum Gasteiger partial charge on any atom is 0.0720 e. The van der Waals surface area contributed by atoms with Crippen LogP contribution in [0.1, 0.15) is 31.2 Å². The molecule has 3 rings (SSSR count). The lowest BCUT2D eigenvalue weighted by Crippen LogP contribution is -2.41. The molecular weight excluding hydrogens is 234 g/mol. The van der Waals surface area contributed by atoms with Crippen molar-refractivity contribution >= 4 is 12.4 Å². The zero-order chi connectivity index (χ0) is 10.8. The molecule has 17 heavy (non-hydrogen) atoms. The molecule has 0 spiro atoms. The summed E-state index contributed by atoms with van der Waals surface area (Å²) in [5, 5.41) is 3.64. The first-order chi connectivity index (χ1) is 7.90. The summed E-state index contributed by atoms with van der Waals surface area (Å²) in [5.41, 5.74) is 1.29. The summed E-state index contributed by atoms with van der Waals surface area (Å²) in [6.07, 6.45) is 5.55. The Balaban J connectivity index is 0.00000108. The minimum absolute atomic E-state index is 0. The SMILES string of the molecule is Cl.c1ccc(CO[C@H]2C[C@H]3CC[C@@H](C2)N3)cc1. The topological polar surface area (TPSA) is 21.3 Å². The van der Waals surface area contributed by atoms with Gasteiger partial charge in [-0.3, -0.25) is 0 Å². The number of benzene rings is 1. The van der Waals surface area contributed by atoms with Crippen molar-refractivity contribution in [2.45, 2.75) is 50.5 Å². The molecule has 1 aromatic carbocycles. The smallest absolute Gasteiger partial charge is 0.0720 e. The van der Waals surface area contributed by atoms with E-state index in [9.17, 15) is 0 Å². The van der Waals surface area contributed by atoms with Crippen LogP contribution in [0.2, 0.25) is 0 Å². The summed E-state index contributed by atoms with van der Waals surface area (Å²) >= 11 is 0. The monoisotopic (exact) mass is 253 g/mol. The number of ether oxygens (including phenoxy) is 1. The molecule has 1 N–H and O–H groups in total. The van der Waals surface area contributed by atoms with Gasteiger partial charge >= 0.3 is 0 Å². The lowest BCUT2D eigenvalue weighted by Gasteiger charge is -2.29. The molecule has 2 saturated heterocycles. The molecular formula is C14H20ClNO. The summed E-state index contributed by atoms with van der Waals surface area (Å²) in [6, 6.07) is 11.9. The van der Waals surface area contributed by atoms with Crippen molar-refractivity contribution in [3.8, 4) is 0 Å². The summed E-state index contributed by atoms with van der Waals surface area (Å²) in [6.45, 7) is 0.769. The zero-order valence-electron chi connectivity index (χ0n) is 9.97. The van der Waals surface area contributed by atoms with Crippen LogP contribution in [-0.4, -0.2) is 18.2 Å². The van der Waals surface area contributed by atoms with E-state index in [1.807, 2.05) is 6.07 Å². The van der Waals surface area contributed by atoms with Gasteiger partial charge in [-0.1, -0.05) is 30.3 Å². The molecule has 3 atom stereocenters. The van der Waals surface area contributed by atoms with Gasteiger partial charge in [-0.05, 0) is 31.2 Å². The molecule has 2 nitrogen and oxygen atoms in total. The van der Waals surface area contributed by atoms with Gasteiger partial charge in [-0.15, -0.1) is 12.4 Å². The third-order valence-corrected chi connectivity index (χ3v) is 3.76. The summed E-state index contributed by atoms with van der Waals surface area (Å²) < 4.78 is 6.01. The number of fused-ring (bicyclic) bond motifs is 2. The van der Waals surface area contributed by atoms with Crippen LogP contribution < -0.4 is 5.32 Å². The molecule has 0 radical (unpaired) electrons. The molecule has 2 heterocycles. The largest absolute Gasteiger partial charge is 0.373 e. The molecule has 2 aliphatic heterocycles. The molecule has 0 saturated carbocycles. The molecule has 2 fully saturated rings. The van der Waals surface area contributed by atoms with Crippen molar-refractivity contribution in [2.24, 2.45) is 0 Å². The first-order valence-electron chi connectivity index (χ1n) is 6.32. The molecule has 2 bridgehead atoms. The van der Waals surface area contributed by atoms with Gasteiger partial charge in [0.1, 0.15) is 0 Å². The summed E-state index contributed by atoms with van der Waals surface area (Å²) in [5.74, 6) is 0.